The van der Waals surface area contributed by atoms with Gasteiger partial charge < -0.3 is 10.3 Å². The van der Waals surface area contributed by atoms with Gasteiger partial charge in [0.05, 0.1) is 11.6 Å². The summed E-state index contributed by atoms with van der Waals surface area (Å²) in [7, 11) is 0. The molecule has 0 radical (unpaired) electrons. The van der Waals surface area contributed by atoms with Gasteiger partial charge in [-0.25, -0.2) is 0 Å². The molecule has 2 aromatic rings. The molecule has 0 spiro atoms. The largest absolute Gasteiger partial charge is 0.345 e. The quantitative estimate of drug-likeness (QED) is 0.905. The van der Waals surface area contributed by atoms with Gasteiger partial charge >= 0.3 is 0 Å². The van der Waals surface area contributed by atoms with E-state index in [4.69, 9.17) is 11.6 Å². The Bertz CT molecular complexity index is 631. The number of amides is 1. The van der Waals surface area contributed by atoms with E-state index in [1.165, 1.54) is 18.3 Å². The monoisotopic (exact) mass is 276 g/mol. The molecule has 0 bridgehead atoms. The second kappa shape index (κ2) is 5.71. The van der Waals surface area contributed by atoms with Crippen LogP contribution in [0.3, 0.4) is 0 Å². The first-order valence-corrected chi connectivity index (χ1v) is 6.20. The first-order chi connectivity index (χ1) is 9.08. The van der Waals surface area contributed by atoms with E-state index in [1.807, 2.05) is 25.1 Å². The third-order valence-corrected chi connectivity index (χ3v) is 3.11. The Morgan fingerprint density at radius 2 is 2.00 bits per heavy atom. The van der Waals surface area contributed by atoms with Crippen molar-refractivity contribution in [2.75, 3.05) is 0 Å². The molecule has 0 aliphatic carbocycles. The predicted molar refractivity (Wildman–Crippen MR) is 74.4 cm³/mol. The summed E-state index contributed by atoms with van der Waals surface area (Å²) in [5.74, 6) is -0.260. The van der Waals surface area contributed by atoms with Crippen LogP contribution in [0.5, 0.6) is 0 Å². The molecule has 0 unspecified atom stereocenters. The van der Waals surface area contributed by atoms with E-state index in [9.17, 15) is 9.59 Å². The smallest absolute Gasteiger partial charge is 0.253 e. The van der Waals surface area contributed by atoms with Gasteiger partial charge in [0.2, 0.25) is 5.56 Å². The minimum Gasteiger partial charge on any atom is -0.345 e. The maximum atomic E-state index is 12.0. The second-order valence-corrected chi connectivity index (χ2v) is 4.57. The Morgan fingerprint density at radius 1 is 1.26 bits per heavy atom. The molecule has 0 saturated heterocycles. The number of halogens is 1. The van der Waals surface area contributed by atoms with Gasteiger partial charge in [0, 0.05) is 17.3 Å². The number of carbonyl (C=O) groups excluding carboxylic acids is 1. The lowest BCUT2D eigenvalue weighted by molar-refractivity contribution is 0.0939. The van der Waals surface area contributed by atoms with Gasteiger partial charge in [-0.05, 0) is 24.6 Å². The molecule has 0 fully saturated rings. The van der Waals surface area contributed by atoms with Crippen molar-refractivity contribution in [1.82, 2.24) is 10.3 Å². The van der Waals surface area contributed by atoms with Crippen LogP contribution in [-0.4, -0.2) is 10.9 Å². The summed E-state index contributed by atoms with van der Waals surface area (Å²) in [6.45, 7) is 1.85. The highest BCUT2D eigenvalue weighted by atomic mass is 35.5. The number of carbonyl (C=O) groups is 1. The van der Waals surface area contributed by atoms with Crippen molar-refractivity contribution >= 4 is 17.5 Å². The highest BCUT2D eigenvalue weighted by Crippen LogP contribution is 2.22. The summed E-state index contributed by atoms with van der Waals surface area (Å²) in [6.07, 6.45) is 1.39. The van der Waals surface area contributed by atoms with Crippen molar-refractivity contribution in [3.05, 3.63) is 69.1 Å². The van der Waals surface area contributed by atoms with Crippen LogP contribution in [0.1, 0.15) is 28.9 Å². The van der Waals surface area contributed by atoms with Crippen molar-refractivity contribution in [3.8, 4) is 0 Å². The standard InChI is InChI=1S/C14H13ClN2O2/c1-9(11-4-2-3-5-12(11)15)17-14(19)10-6-7-13(18)16-8-10/h2-9H,1H3,(H,16,18)(H,17,19)/t9-/m1/s1. The number of benzene rings is 1. The molecule has 2 rings (SSSR count). The molecular weight excluding hydrogens is 264 g/mol. The van der Waals surface area contributed by atoms with Crippen molar-refractivity contribution in [1.29, 1.82) is 0 Å². The van der Waals surface area contributed by atoms with Crippen molar-refractivity contribution in [2.24, 2.45) is 0 Å². The zero-order chi connectivity index (χ0) is 13.8. The van der Waals surface area contributed by atoms with Crippen LogP contribution < -0.4 is 10.9 Å². The summed E-state index contributed by atoms with van der Waals surface area (Å²) >= 11 is 6.07. The highest BCUT2D eigenvalue weighted by Gasteiger charge is 2.13. The van der Waals surface area contributed by atoms with Crippen LogP contribution in [0, 0.1) is 0 Å². The van der Waals surface area contributed by atoms with E-state index >= 15 is 0 Å². The molecule has 1 amide bonds. The lowest BCUT2D eigenvalue weighted by Crippen LogP contribution is -2.27. The molecule has 2 N–H and O–H groups in total. The minimum absolute atomic E-state index is 0.215. The summed E-state index contributed by atoms with van der Waals surface area (Å²) in [4.78, 5) is 25.4. The predicted octanol–water partition coefficient (Wildman–Crippen LogP) is 2.52. The molecule has 0 aliphatic heterocycles. The molecule has 4 nitrogen and oxygen atoms in total. The summed E-state index contributed by atoms with van der Waals surface area (Å²) in [6, 6.07) is 9.92. The van der Waals surface area contributed by atoms with Crippen LogP contribution in [0.4, 0.5) is 0 Å². The van der Waals surface area contributed by atoms with E-state index < -0.39 is 0 Å². The van der Waals surface area contributed by atoms with Crippen LogP contribution in [0.2, 0.25) is 5.02 Å². The van der Waals surface area contributed by atoms with Crippen molar-refractivity contribution in [2.45, 2.75) is 13.0 Å². The normalized spacial score (nSPS) is 11.9. The van der Waals surface area contributed by atoms with Gasteiger partial charge in [0.25, 0.3) is 5.91 Å². The average Bonchev–Trinajstić information content (AvgIpc) is 2.39. The van der Waals surface area contributed by atoms with Gasteiger partial charge in [-0.1, -0.05) is 29.8 Å². The number of H-pyrrole nitrogens is 1. The van der Waals surface area contributed by atoms with Crippen molar-refractivity contribution < 1.29 is 4.79 Å². The van der Waals surface area contributed by atoms with Gasteiger partial charge in [0.1, 0.15) is 0 Å². The molecule has 5 heteroatoms. The lowest BCUT2D eigenvalue weighted by atomic mass is 10.1. The lowest BCUT2D eigenvalue weighted by Gasteiger charge is -2.15. The molecule has 19 heavy (non-hydrogen) atoms. The fraction of sp³-hybridized carbons (Fsp3) is 0.143. The third-order valence-electron chi connectivity index (χ3n) is 2.77. The molecule has 0 saturated carbocycles. The Kier molecular flexibility index (Phi) is 4.02. The third kappa shape index (κ3) is 3.23. The van der Waals surface area contributed by atoms with Crippen LogP contribution in [0.15, 0.2) is 47.4 Å². The summed E-state index contributed by atoms with van der Waals surface area (Å²) in [5.41, 5.74) is 1.01. The molecule has 1 aromatic heterocycles. The molecule has 98 valence electrons. The maximum Gasteiger partial charge on any atom is 0.253 e. The maximum absolute atomic E-state index is 12.0. The van der Waals surface area contributed by atoms with Crippen molar-refractivity contribution in [3.63, 3.8) is 0 Å². The van der Waals surface area contributed by atoms with Gasteiger partial charge in [-0.15, -0.1) is 0 Å². The van der Waals surface area contributed by atoms with E-state index in [0.29, 0.717) is 10.6 Å². The van der Waals surface area contributed by atoms with E-state index in [1.54, 1.807) is 6.07 Å². The Hall–Kier alpha value is -2.07. The Labute approximate surface area is 115 Å². The van der Waals surface area contributed by atoms with Crippen LogP contribution in [0.25, 0.3) is 0 Å². The summed E-state index contributed by atoms with van der Waals surface area (Å²) in [5, 5.41) is 3.44. The molecule has 0 aliphatic rings. The van der Waals surface area contributed by atoms with E-state index in [-0.39, 0.29) is 17.5 Å². The zero-order valence-corrected chi connectivity index (χ0v) is 11.1. The minimum atomic E-state index is -0.260. The van der Waals surface area contributed by atoms with Gasteiger partial charge in [0.15, 0.2) is 0 Å². The van der Waals surface area contributed by atoms with Gasteiger partial charge in [-0.3, -0.25) is 9.59 Å². The SMILES string of the molecule is C[C@@H](NC(=O)c1ccc(=O)[nH]c1)c1ccccc1Cl. The number of aromatic nitrogens is 1. The van der Waals surface area contributed by atoms with Crippen LogP contribution in [-0.2, 0) is 0 Å². The summed E-state index contributed by atoms with van der Waals surface area (Å²) < 4.78 is 0. The molecule has 1 aromatic carbocycles. The second-order valence-electron chi connectivity index (χ2n) is 4.16. The van der Waals surface area contributed by atoms with E-state index in [2.05, 4.69) is 10.3 Å². The topological polar surface area (TPSA) is 62.0 Å². The average molecular weight is 277 g/mol. The van der Waals surface area contributed by atoms with E-state index in [0.717, 1.165) is 5.56 Å². The number of rotatable bonds is 3. The number of hydrogen-bond acceptors (Lipinski definition) is 2. The first-order valence-electron chi connectivity index (χ1n) is 5.82. The molecule has 1 atom stereocenters. The fourth-order valence-corrected chi connectivity index (χ4v) is 2.04. The highest BCUT2D eigenvalue weighted by molar-refractivity contribution is 6.31. The Balaban J connectivity index is 2.13. The molecule has 1 heterocycles. The first kappa shape index (κ1) is 13.4. The molecular formula is C14H13ClN2O2. The Morgan fingerprint density at radius 3 is 2.63 bits per heavy atom. The number of pyridine rings is 1. The number of aromatic amines is 1. The fourth-order valence-electron chi connectivity index (χ4n) is 1.74. The number of hydrogen-bond donors (Lipinski definition) is 2. The number of nitrogens with one attached hydrogen (secondary N) is 2. The zero-order valence-electron chi connectivity index (χ0n) is 10.3. The van der Waals surface area contributed by atoms with Gasteiger partial charge in [-0.2, -0.15) is 0 Å². The van der Waals surface area contributed by atoms with Crippen LogP contribution >= 0.6 is 11.6 Å².